The zero-order valence-corrected chi connectivity index (χ0v) is 18.7. The Bertz CT molecular complexity index is 1280. The number of para-hydroxylation sites is 1. The van der Waals surface area contributed by atoms with Crippen molar-refractivity contribution in [2.24, 2.45) is 0 Å². The van der Waals surface area contributed by atoms with Crippen molar-refractivity contribution < 1.29 is 23.8 Å². The summed E-state index contributed by atoms with van der Waals surface area (Å²) < 4.78 is 19.1. The summed E-state index contributed by atoms with van der Waals surface area (Å²) in [5.41, 5.74) is 1.84. The molecule has 2 aromatic carbocycles. The minimum absolute atomic E-state index is 0.0884. The van der Waals surface area contributed by atoms with Gasteiger partial charge in [0.25, 0.3) is 0 Å². The maximum absolute atomic E-state index is 12.9. The quantitative estimate of drug-likeness (QED) is 0.449. The molecule has 3 aromatic rings. The number of fused-ring (bicyclic) bond motifs is 3. The van der Waals surface area contributed by atoms with E-state index in [2.05, 4.69) is 0 Å². The number of hydrogen-bond acceptors (Lipinski definition) is 5. The minimum atomic E-state index is -0.636. The van der Waals surface area contributed by atoms with Crippen molar-refractivity contribution in [3.05, 3.63) is 76.6 Å². The van der Waals surface area contributed by atoms with E-state index in [0.29, 0.717) is 33.8 Å². The molecule has 2 atom stereocenters. The summed E-state index contributed by atoms with van der Waals surface area (Å²) in [5.74, 6) is 0.481. The van der Waals surface area contributed by atoms with Crippen molar-refractivity contribution in [2.45, 2.75) is 45.0 Å². The van der Waals surface area contributed by atoms with Gasteiger partial charge in [-0.3, -0.25) is 9.36 Å². The van der Waals surface area contributed by atoms with Gasteiger partial charge in [-0.2, -0.15) is 0 Å². The van der Waals surface area contributed by atoms with Crippen molar-refractivity contribution in [2.75, 3.05) is 0 Å². The van der Waals surface area contributed by atoms with Crippen LogP contribution in [0.1, 0.15) is 49.2 Å². The lowest BCUT2D eigenvalue weighted by molar-refractivity contribution is 0.0531. The molecule has 5 rings (SSSR count). The molecular formula is C25H22ClNO5. The molecule has 0 unspecified atom stereocenters. The molecule has 0 amide bonds. The molecule has 0 radical (unpaired) electrons. The Balaban J connectivity index is 1.53. The van der Waals surface area contributed by atoms with Crippen LogP contribution >= 0.6 is 11.6 Å². The highest BCUT2D eigenvalue weighted by Gasteiger charge is 2.38. The summed E-state index contributed by atoms with van der Waals surface area (Å²) in [7, 11) is 0. The topological polar surface area (TPSA) is 66.8 Å². The summed E-state index contributed by atoms with van der Waals surface area (Å²) in [6.07, 6.45) is 2.28. The van der Waals surface area contributed by atoms with E-state index in [1.165, 1.54) is 10.8 Å². The number of benzene rings is 2. The lowest BCUT2D eigenvalue weighted by Crippen LogP contribution is -2.34. The number of nitrogens with zero attached hydrogens (tertiary/aromatic N) is 1. The van der Waals surface area contributed by atoms with E-state index in [-0.39, 0.29) is 5.78 Å². The van der Waals surface area contributed by atoms with Gasteiger partial charge in [0.1, 0.15) is 23.6 Å². The lowest BCUT2D eigenvalue weighted by atomic mass is 9.89. The van der Waals surface area contributed by atoms with Gasteiger partial charge >= 0.3 is 6.09 Å². The summed E-state index contributed by atoms with van der Waals surface area (Å²) in [4.78, 5) is 25.7. The van der Waals surface area contributed by atoms with Crippen LogP contribution in [0.3, 0.4) is 0 Å². The van der Waals surface area contributed by atoms with Crippen LogP contribution < -0.4 is 4.74 Å². The SMILES string of the molecule is CC(C)(C)OC(=O)n1cc([C@H]2C[C@@H]3Oc4ccccc4C(=O)C3=CO2)c2cc(Cl)ccc21. The first-order valence-corrected chi connectivity index (χ1v) is 10.8. The van der Waals surface area contributed by atoms with Gasteiger partial charge in [-0.1, -0.05) is 23.7 Å². The second-order valence-electron chi connectivity index (χ2n) is 8.96. The number of hydrogen-bond donors (Lipinski definition) is 0. The first kappa shape index (κ1) is 20.6. The number of halogens is 1. The van der Waals surface area contributed by atoms with Gasteiger partial charge in [0.15, 0.2) is 5.78 Å². The maximum Gasteiger partial charge on any atom is 0.419 e. The third-order valence-electron chi connectivity index (χ3n) is 5.53. The number of ketones is 1. The fourth-order valence-electron chi connectivity index (χ4n) is 4.13. The van der Waals surface area contributed by atoms with Crippen LogP contribution in [0.25, 0.3) is 10.9 Å². The van der Waals surface area contributed by atoms with Gasteiger partial charge in [0, 0.05) is 28.6 Å². The second kappa shape index (κ2) is 7.41. The molecule has 0 aliphatic carbocycles. The van der Waals surface area contributed by atoms with Gasteiger partial charge in [0.05, 0.1) is 22.9 Å². The Morgan fingerprint density at radius 3 is 2.72 bits per heavy atom. The van der Waals surface area contributed by atoms with Crippen LogP contribution in [-0.4, -0.2) is 28.1 Å². The number of aromatic nitrogens is 1. The molecule has 1 aromatic heterocycles. The van der Waals surface area contributed by atoms with Crippen LogP contribution in [0.4, 0.5) is 4.79 Å². The van der Waals surface area contributed by atoms with E-state index in [9.17, 15) is 9.59 Å². The van der Waals surface area contributed by atoms with E-state index in [4.69, 9.17) is 25.8 Å². The van der Waals surface area contributed by atoms with E-state index < -0.39 is 23.9 Å². The molecule has 2 aliphatic heterocycles. The Morgan fingerprint density at radius 2 is 1.94 bits per heavy atom. The van der Waals surface area contributed by atoms with Crippen molar-refractivity contribution in [3.63, 3.8) is 0 Å². The number of Topliss-reactive ketones (excluding diaryl/α,β-unsaturated/α-hetero) is 1. The number of carbonyl (C=O) groups excluding carboxylic acids is 2. The van der Waals surface area contributed by atoms with Crippen molar-refractivity contribution in [1.82, 2.24) is 4.57 Å². The normalized spacial score (nSPS) is 20.0. The highest BCUT2D eigenvalue weighted by atomic mass is 35.5. The highest BCUT2D eigenvalue weighted by molar-refractivity contribution is 6.31. The Kier molecular flexibility index (Phi) is 4.78. The van der Waals surface area contributed by atoms with Gasteiger partial charge in [-0.15, -0.1) is 0 Å². The molecule has 32 heavy (non-hydrogen) atoms. The molecule has 6 nitrogen and oxygen atoms in total. The molecule has 0 N–H and O–H groups in total. The van der Waals surface area contributed by atoms with Gasteiger partial charge in [0.2, 0.25) is 0 Å². The fourth-order valence-corrected chi connectivity index (χ4v) is 4.30. The summed E-state index contributed by atoms with van der Waals surface area (Å²) in [6, 6.07) is 12.5. The van der Waals surface area contributed by atoms with Crippen LogP contribution in [0.2, 0.25) is 5.02 Å². The molecule has 0 fully saturated rings. The van der Waals surface area contributed by atoms with Crippen LogP contribution in [0, 0.1) is 0 Å². The van der Waals surface area contributed by atoms with E-state index in [1.807, 2.05) is 32.9 Å². The molecular weight excluding hydrogens is 430 g/mol. The predicted molar refractivity (Wildman–Crippen MR) is 120 cm³/mol. The molecule has 0 bridgehead atoms. The standard InChI is InChI=1S/C25H22ClNO5/c1-25(2,3)32-24(29)27-12-17(16-10-14(26)8-9-19(16)27)21-11-22-18(13-30-21)23(28)15-6-4-5-7-20(15)31-22/h4-10,12-13,21-22H,11H2,1-3H3/t21-,22+/m1/s1. The highest BCUT2D eigenvalue weighted by Crippen LogP contribution is 2.41. The molecule has 164 valence electrons. The first-order chi connectivity index (χ1) is 15.2. The van der Waals surface area contributed by atoms with E-state index >= 15 is 0 Å². The largest absolute Gasteiger partial charge is 0.493 e. The van der Waals surface area contributed by atoms with Crippen LogP contribution in [0.5, 0.6) is 5.75 Å². The van der Waals surface area contributed by atoms with Crippen molar-refractivity contribution >= 4 is 34.4 Å². The fraction of sp³-hybridized carbons (Fsp3) is 0.280. The van der Waals surface area contributed by atoms with Crippen molar-refractivity contribution in [3.8, 4) is 5.75 Å². The van der Waals surface area contributed by atoms with Gasteiger partial charge in [-0.25, -0.2) is 4.79 Å². The molecule has 0 saturated heterocycles. The maximum atomic E-state index is 12.9. The van der Waals surface area contributed by atoms with E-state index in [0.717, 1.165) is 10.9 Å². The van der Waals surface area contributed by atoms with Gasteiger partial charge in [-0.05, 0) is 51.1 Å². The first-order valence-electron chi connectivity index (χ1n) is 10.4. The molecule has 0 saturated carbocycles. The Labute approximate surface area is 190 Å². The zero-order chi connectivity index (χ0) is 22.6. The minimum Gasteiger partial charge on any atom is -0.493 e. The summed E-state index contributed by atoms with van der Waals surface area (Å²) in [6.45, 7) is 5.46. The Morgan fingerprint density at radius 1 is 1.16 bits per heavy atom. The van der Waals surface area contributed by atoms with Gasteiger partial charge < -0.3 is 14.2 Å². The van der Waals surface area contributed by atoms with Crippen LogP contribution in [0.15, 0.2) is 60.5 Å². The zero-order valence-electron chi connectivity index (χ0n) is 17.9. The average molecular weight is 452 g/mol. The molecule has 3 heterocycles. The van der Waals surface area contributed by atoms with E-state index in [1.54, 1.807) is 36.5 Å². The van der Waals surface area contributed by atoms with Crippen molar-refractivity contribution in [1.29, 1.82) is 0 Å². The Hall–Kier alpha value is -3.25. The third-order valence-corrected chi connectivity index (χ3v) is 5.77. The molecule has 2 aliphatic rings. The third kappa shape index (κ3) is 3.54. The summed E-state index contributed by atoms with van der Waals surface area (Å²) in [5, 5.41) is 1.33. The smallest absolute Gasteiger partial charge is 0.419 e. The number of rotatable bonds is 1. The molecule has 0 spiro atoms. The monoisotopic (exact) mass is 451 g/mol. The van der Waals surface area contributed by atoms with Crippen LogP contribution in [-0.2, 0) is 9.47 Å². The number of carbonyl (C=O) groups is 2. The second-order valence-corrected chi connectivity index (χ2v) is 9.40. The predicted octanol–water partition coefficient (Wildman–Crippen LogP) is 6.07. The number of ether oxygens (including phenoxy) is 3. The summed E-state index contributed by atoms with van der Waals surface area (Å²) >= 11 is 6.26. The lowest BCUT2D eigenvalue weighted by Gasteiger charge is -2.33. The average Bonchev–Trinajstić information content (AvgIpc) is 3.11. The molecule has 7 heteroatoms.